The summed E-state index contributed by atoms with van der Waals surface area (Å²) in [4.78, 5) is 24.1. The van der Waals surface area contributed by atoms with Gasteiger partial charge in [-0.2, -0.15) is 0 Å². The Morgan fingerprint density at radius 2 is 2.26 bits per heavy atom. The van der Waals surface area contributed by atoms with Crippen LogP contribution in [0.1, 0.15) is 29.8 Å². The van der Waals surface area contributed by atoms with Crippen LogP contribution in [0.5, 0.6) is 0 Å². The van der Waals surface area contributed by atoms with E-state index in [0.29, 0.717) is 5.82 Å². The summed E-state index contributed by atoms with van der Waals surface area (Å²) in [6, 6.07) is 3.26. The highest BCUT2D eigenvalue weighted by molar-refractivity contribution is 5.91. The lowest BCUT2D eigenvalue weighted by Gasteiger charge is -2.23. The summed E-state index contributed by atoms with van der Waals surface area (Å²) < 4.78 is 0. The predicted octanol–water partition coefficient (Wildman–Crippen LogP) is 0.280. The third-order valence-corrected chi connectivity index (χ3v) is 3.19. The number of nitrogens with one attached hydrogen (secondary N) is 1. The average molecular weight is 264 g/mol. The van der Waals surface area contributed by atoms with Crippen molar-refractivity contribution in [1.82, 2.24) is 15.5 Å². The van der Waals surface area contributed by atoms with Crippen molar-refractivity contribution in [1.29, 1.82) is 0 Å². The molecule has 2 N–H and O–H groups in total. The Bertz CT molecular complexity index is 474. The van der Waals surface area contributed by atoms with Gasteiger partial charge in [0.05, 0.1) is 6.42 Å². The number of nitrogens with zero attached hydrogens (tertiary/aromatic N) is 3. The van der Waals surface area contributed by atoms with E-state index in [1.165, 1.54) is 7.05 Å². The van der Waals surface area contributed by atoms with Gasteiger partial charge in [-0.25, -0.2) is 0 Å². The van der Waals surface area contributed by atoms with Crippen molar-refractivity contribution in [2.75, 3.05) is 18.5 Å². The summed E-state index contributed by atoms with van der Waals surface area (Å²) in [6.45, 7) is 0.770. The molecule has 1 unspecified atom stereocenters. The second-order valence-electron chi connectivity index (χ2n) is 4.44. The van der Waals surface area contributed by atoms with Crippen molar-refractivity contribution in [3.63, 3.8) is 0 Å². The molecule has 0 spiro atoms. The SMILES string of the molecule is CNC(=O)c1ccc(N2CCCC2CC(=O)O)nn1. The minimum Gasteiger partial charge on any atom is -0.481 e. The van der Waals surface area contributed by atoms with E-state index in [0.717, 1.165) is 19.4 Å². The Morgan fingerprint density at radius 1 is 1.47 bits per heavy atom. The number of carbonyl (C=O) groups is 2. The van der Waals surface area contributed by atoms with Gasteiger partial charge in [0, 0.05) is 19.6 Å². The Hall–Kier alpha value is -2.18. The van der Waals surface area contributed by atoms with Crippen LogP contribution in [0.4, 0.5) is 5.82 Å². The van der Waals surface area contributed by atoms with Gasteiger partial charge in [0.15, 0.2) is 11.5 Å². The first-order chi connectivity index (χ1) is 9.11. The number of hydrogen-bond acceptors (Lipinski definition) is 5. The first-order valence-corrected chi connectivity index (χ1v) is 6.16. The van der Waals surface area contributed by atoms with Crippen molar-refractivity contribution in [2.24, 2.45) is 0 Å². The van der Waals surface area contributed by atoms with Gasteiger partial charge < -0.3 is 15.3 Å². The van der Waals surface area contributed by atoms with Crippen molar-refractivity contribution in [2.45, 2.75) is 25.3 Å². The maximum atomic E-state index is 11.4. The fourth-order valence-corrected chi connectivity index (χ4v) is 2.28. The Kier molecular flexibility index (Phi) is 3.94. The molecule has 7 nitrogen and oxygen atoms in total. The highest BCUT2D eigenvalue weighted by Gasteiger charge is 2.27. The molecule has 0 saturated carbocycles. The molecule has 1 aliphatic rings. The number of amides is 1. The highest BCUT2D eigenvalue weighted by Crippen LogP contribution is 2.25. The number of rotatable bonds is 4. The predicted molar refractivity (Wildman–Crippen MR) is 68.0 cm³/mol. The van der Waals surface area contributed by atoms with Crippen LogP contribution in [0.2, 0.25) is 0 Å². The molecule has 2 heterocycles. The molecule has 1 aromatic rings. The summed E-state index contributed by atoms with van der Waals surface area (Å²) in [6.07, 6.45) is 1.88. The topological polar surface area (TPSA) is 95.4 Å². The zero-order valence-electron chi connectivity index (χ0n) is 10.7. The second-order valence-corrected chi connectivity index (χ2v) is 4.44. The molecule has 7 heteroatoms. The number of carbonyl (C=O) groups excluding carboxylic acids is 1. The molecular weight excluding hydrogens is 248 g/mol. The summed E-state index contributed by atoms with van der Waals surface area (Å²) in [7, 11) is 1.53. The van der Waals surface area contributed by atoms with Crippen molar-refractivity contribution in [3.8, 4) is 0 Å². The van der Waals surface area contributed by atoms with Crippen LogP contribution in [0.25, 0.3) is 0 Å². The van der Waals surface area contributed by atoms with Crippen molar-refractivity contribution >= 4 is 17.7 Å². The van der Waals surface area contributed by atoms with Gasteiger partial charge in [0.1, 0.15) is 0 Å². The van der Waals surface area contributed by atoms with Gasteiger partial charge in [-0.1, -0.05) is 0 Å². The van der Waals surface area contributed by atoms with Crippen molar-refractivity contribution < 1.29 is 14.7 Å². The number of hydrogen-bond donors (Lipinski definition) is 2. The molecule has 0 aliphatic carbocycles. The smallest absolute Gasteiger partial charge is 0.305 e. The van der Waals surface area contributed by atoms with Crippen molar-refractivity contribution in [3.05, 3.63) is 17.8 Å². The van der Waals surface area contributed by atoms with Gasteiger partial charge in [0.2, 0.25) is 0 Å². The van der Waals surface area contributed by atoms with E-state index in [-0.39, 0.29) is 24.1 Å². The maximum Gasteiger partial charge on any atom is 0.305 e. The monoisotopic (exact) mass is 264 g/mol. The van der Waals surface area contributed by atoms with Gasteiger partial charge in [-0.05, 0) is 25.0 Å². The molecular formula is C12H16N4O3. The van der Waals surface area contributed by atoms with E-state index in [4.69, 9.17) is 5.11 Å². The Morgan fingerprint density at radius 3 is 2.84 bits per heavy atom. The van der Waals surface area contributed by atoms with Crippen LogP contribution in [0.15, 0.2) is 12.1 Å². The third-order valence-electron chi connectivity index (χ3n) is 3.19. The largest absolute Gasteiger partial charge is 0.481 e. The molecule has 0 aromatic carbocycles. The minimum absolute atomic E-state index is 0.0438. The van der Waals surface area contributed by atoms with Crippen LogP contribution in [0, 0.1) is 0 Å². The molecule has 0 bridgehead atoms. The lowest BCUT2D eigenvalue weighted by Crippen LogP contribution is -2.32. The third kappa shape index (κ3) is 2.98. The Labute approximate surface area is 110 Å². The van der Waals surface area contributed by atoms with E-state index in [1.807, 2.05) is 4.90 Å². The molecule has 0 radical (unpaired) electrons. The minimum atomic E-state index is -0.813. The lowest BCUT2D eigenvalue weighted by molar-refractivity contribution is -0.137. The van der Waals surface area contributed by atoms with Crippen LogP contribution < -0.4 is 10.2 Å². The first kappa shape index (κ1) is 13.3. The zero-order valence-corrected chi connectivity index (χ0v) is 10.7. The van der Waals surface area contributed by atoms with Gasteiger partial charge in [-0.3, -0.25) is 9.59 Å². The van der Waals surface area contributed by atoms with Crippen LogP contribution >= 0.6 is 0 Å². The fraction of sp³-hybridized carbons (Fsp3) is 0.500. The summed E-state index contributed by atoms with van der Waals surface area (Å²) >= 11 is 0. The molecule has 1 saturated heterocycles. The molecule has 19 heavy (non-hydrogen) atoms. The number of anilines is 1. The molecule has 102 valence electrons. The number of aliphatic carboxylic acids is 1. The number of carboxylic acids is 1. The second kappa shape index (κ2) is 5.64. The molecule has 1 fully saturated rings. The Balaban J connectivity index is 2.12. The van der Waals surface area contributed by atoms with Gasteiger partial charge >= 0.3 is 5.97 Å². The van der Waals surface area contributed by atoms with E-state index in [9.17, 15) is 9.59 Å². The van der Waals surface area contributed by atoms with Crippen LogP contribution in [-0.4, -0.2) is 46.8 Å². The van der Waals surface area contributed by atoms with E-state index < -0.39 is 5.97 Å². The molecule has 1 atom stereocenters. The van der Waals surface area contributed by atoms with Gasteiger partial charge in [0.25, 0.3) is 5.91 Å². The molecule has 1 aromatic heterocycles. The first-order valence-electron chi connectivity index (χ1n) is 6.16. The summed E-state index contributed by atoms with van der Waals surface area (Å²) in [5, 5.41) is 19.2. The van der Waals surface area contributed by atoms with E-state index in [1.54, 1.807) is 12.1 Å². The highest BCUT2D eigenvalue weighted by atomic mass is 16.4. The quantitative estimate of drug-likeness (QED) is 0.811. The summed E-state index contributed by atoms with van der Waals surface area (Å²) in [5.41, 5.74) is 0.250. The molecule has 1 aliphatic heterocycles. The zero-order chi connectivity index (χ0) is 13.8. The van der Waals surface area contributed by atoms with E-state index in [2.05, 4.69) is 15.5 Å². The number of carboxylic acid groups (broad SMARTS) is 1. The fourth-order valence-electron chi connectivity index (χ4n) is 2.28. The van der Waals surface area contributed by atoms with Crippen LogP contribution in [-0.2, 0) is 4.79 Å². The van der Waals surface area contributed by atoms with Crippen LogP contribution in [0.3, 0.4) is 0 Å². The number of aromatic nitrogens is 2. The lowest BCUT2D eigenvalue weighted by atomic mass is 10.1. The standard InChI is InChI=1S/C12H16N4O3/c1-13-12(19)9-4-5-10(15-14-9)16-6-2-3-8(16)7-11(17)18/h4-5,8H,2-3,6-7H2,1H3,(H,13,19)(H,17,18). The normalized spacial score (nSPS) is 18.4. The average Bonchev–Trinajstić information content (AvgIpc) is 2.85. The van der Waals surface area contributed by atoms with E-state index >= 15 is 0 Å². The van der Waals surface area contributed by atoms with Gasteiger partial charge in [-0.15, -0.1) is 10.2 Å². The molecule has 1 amide bonds. The summed E-state index contributed by atoms with van der Waals surface area (Å²) in [5.74, 6) is -0.481. The maximum absolute atomic E-state index is 11.4. The molecule has 2 rings (SSSR count).